The fraction of sp³-hybridized carbons (Fsp3) is 0.750. The van der Waals surface area contributed by atoms with Crippen LogP contribution in [0, 0.1) is 11.8 Å². The second-order valence-electron chi connectivity index (χ2n) is 5.18. The fourth-order valence-electron chi connectivity index (χ4n) is 2.84. The lowest BCUT2D eigenvalue weighted by molar-refractivity contribution is -0.0686. The van der Waals surface area contributed by atoms with Gasteiger partial charge < -0.3 is 5.11 Å². The molecule has 1 heterocycles. The summed E-state index contributed by atoms with van der Waals surface area (Å²) in [6.45, 7) is 4.27. The van der Waals surface area contributed by atoms with Crippen molar-refractivity contribution in [3.63, 3.8) is 0 Å². The van der Waals surface area contributed by atoms with Crippen LogP contribution in [0.5, 0.6) is 0 Å². The topological polar surface area (TPSA) is 38.1 Å². The quantitative estimate of drug-likeness (QED) is 0.822. The van der Waals surface area contributed by atoms with Gasteiger partial charge in [-0.15, -0.1) is 0 Å². The van der Waals surface area contributed by atoms with Crippen molar-refractivity contribution in [3.8, 4) is 0 Å². The van der Waals surface area contributed by atoms with E-state index in [-0.39, 0.29) is 5.92 Å². The molecule has 2 rings (SSSR count). The van der Waals surface area contributed by atoms with E-state index in [1.807, 2.05) is 7.05 Å². The maximum absolute atomic E-state index is 10.9. The van der Waals surface area contributed by atoms with E-state index in [2.05, 4.69) is 18.9 Å². The van der Waals surface area contributed by atoms with Crippen molar-refractivity contribution < 1.29 is 5.11 Å². The summed E-state index contributed by atoms with van der Waals surface area (Å²) in [6, 6.07) is 0. The van der Waals surface area contributed by atoms with Gasteiger partial charge in [0.1, 0.15) is 5.60 Å². The lowest BCUT2D eigenvalue weighted by Gasteiger charge is -2.41. The number of aliphatic hydroxyl groups is 1. The van der Waals surface area contributed by atoms with Crippen LogP contribution >= 0.6 is 11.6 Å². The fourth-order valence-corrected chi connectivity index (χ4v) is 3.17. The predicted molar refractivity (Wildman–Crippen MR) is 64.3 cm³/mol. The third kappa shape index (κ3) is 1.76. The third-order valence-corrected chi connectivity index (χ3v) is 4.15. The van der Waals surface area contributed by atoms with E-state index < -0.39 is 5.60 Å². The van der Waals surface area contributed by atoms with E-state index in [4.69, 9.17) is 11.6 Å². The summed E-state index contributed by atoms with van der Waals surface area (Å²) in [7, 11) is 1.84. The monoisotopic (exact) mass is 242 g/mol. The Kier molecular flexibility index (Phi) is 3.01. The summed E-state index contributed by atoms with van der Waals surface area (Å²) in [4.78, 5) is 0. The van der Waals surface area contributed by atoms with E-state index in [1.54, 1.807) is 10.9 Å². The molecule has 0 amide bonds. The first-order valence-electron chi connectivity index (χ1n) is 5.85. The van der Waals surface area contributed by atoms with E-state index >= 15 is 0 Å². The van der Waals surface area contributed by atoms with Gasteiger partial charge in [-0.1, -0.05) is 31.9 Å². The van der Waals surface area contributed by atoms with Gasteiger partial charge in [0.25, 0.3) is 0 Å². The molecule has 1 saturated carbocycles. The van der Waals surface area contributed by atoms with Crippen LogP contribution in [0.3, 0.4) is 0 Å². The van der Waals surface area contributed by atoms with Gasteiger partial charge in [-0.25, -0.2) is 0 Å². The molecule has 0 radical (unpaired) electrons. The normalized spacial score (nSPS) is 35.3. The molecule has 1 N–H and O–H groups in total. The Morgan fingerprint density at radius 2 is 2.19 bits per heavy atom. The maximum Gasteiger partial charge on any atom is 0.110 e. The van der Waals surface area contributed by atoms with Gasteiger partial charge in [-0.2, -0.15) is 5.10 Å². The molecule has 1 aliphatic carbocycles. The largest absolute Gasteiger partial charge is 0.383 e. The van der Waals surface area contributed by atoms with Crippen LogP contribution in [-0.4, -0.2) is 14.9 Å². The molecule has 1 aromatic heterocycles. The Hall–Kier alpha value is -0.540. The molecular weight excluding hydrogens is 224 g/mol. The molecule has 0 saturated heterocycles. The molecule has 0 spiro atoms. The van der Waals surface area contributed by atoms with Gasteiger partial charge >= 0.3 is 0 Å². The molecule has 0 aromatic carbocycles. The smallest absolute Gasteiger partial charge is 0.110 e. The minimum atomic E-state index is -0.819. The lowest BCUT2D eigenvalue weighted by atomic mass is 9.70. The van der Waals surface area contributed by atoms with Gasteiger partial charge in [-0.05, 0) is 24.7 Å². The number of nitrogens with zero attached hydrogens (tertiary/aromatic N) is 2. The zero-order valence-electron chi connectivity index (χ0n) is 10.1. The molecule has 16 heavy (non-hydrogen) atoms. The molecular formula is C12H19ClN2O. The van der Waals surface area contributed by atoms with Gasteiger partial charge in [0.15, 0.2) is 0 Å². The second kappa shape index (κ2) is 4.04. The van der Waals surface area contributed by atoms with Crippen molar-refractivity contribution >= 4 is 11.6 Å². The molecule has 1 fully saturated rings. The van der Waals surface area contributed by atoms with Crippen molar-refractivity contribution in [2.24, 2.45) is 18.9 Å². The Labute approximate surface area is 101 Å². The minimum Gasteiger partial charge on any atom is -0.383 e. The minimum absolute atomic E-state index is 0.233. The van der Waals surface area contributed by atoms with Crippen LogP contribution in [0.1, 0.15) is 38.8 Å². The number of hydrogen-bond acceptors (Lipinski definition) is 2. The molecule has 0 aliphatic heterocycles. The summed E-state index contributed by atoms with van der Waals surface area (Å²) in [5.41, 5.74) is -0.0479. The van der Waals surface area contributed by atoms with E-state index in [9.17, 15) is 5.11 Å². The number of aromatic nitrogens is 2. The Morgan fingerprint density at radius 3 is 2.75 bits per heavy atom. The second-order valence-corrected chi connectivity index (χ2v) is 5.58. The Bertz CT molecular complexity index is 371. The first kappa shape index (κ1) is 11.9. The van der Waals surface area contributed by atoms with Crippen molar-refractivity contribution in [2.45, 2.75) is 38.7 Å². The van der Waals surface area contributed by atoms with Crippen molar-refractivity contribution in [1.82, 2.24) is 9.78 Å². The van der Waals surface area contributed by atoms with Gasteiger partial charge in [0.05, 0.1) is 16.9 Å². The predicted octanol–water partition coefficient (Wildman–Crippen LogP) is 2.72. The number of hydrogen-bond donors (Lipinski definition) is 1. The number of aryl methyl sites for hydroxylation is 1. The highest BCUT2D eigenvalue weighted by molar-refractivity contribution is 6.31. The molecule has 90 valence electrons. The van der Waals surface area contributed by atoms with Crippen LogP contribution in [-0.2, 0) is 12.6 Å². The highest BCUT2D eigenvalue weighted by atomic mass is 35.5. The van der Waals surface area contributed by atoms with Crippen LogP contribution in [0.25, 0.3) is 0 Å². The van der Waals surface area contributed by atoms with Crippen LogP contribution in [0.15, 0.2) is 6.20 Å². The number of halogens is 1. The van der Waals surface area contributed by atoms with Crippen LogP contribution in [0.4, 0.5) is 0 Å². The molecule has 3 unspecified atom stereocenters. The number of rotatable bonds is 1. The Morgan fingerprint density at radius 1 is 1.50 bits per heavy atom. The van der Waals surface area contributed by atoms with E-state index in [1.165, 1.54) is 6.42 Å². The van der Waals surface area contributed by atoms with Gasteiger partial charge in [0.2, 0.25) is 0 Å². The van der Waals surface area contributed by atoms with E-state index in [0.29, 0.717) is 10.9 Å². The maximum atomic E-state index is 10.9. The highest BCUT2D eigenvalue weighted by Gasteiger charge is 2.43. The third-order valence-electron chi connectivity index (χ3n) is 3.87. The van der Waals surface area contributed by atoms with Crippen molar-refractivity contribution in [3.05, 3.63) is 16.9 Å². The SMILES string of the molecule is CC1CCC(C)C(O)(c2c(Cl)cnn2C)C1. The standard InChI is InChI=1S/C12H19ClN2O/c1-8-4-5-9(2)12(16,6-8)11-10(13)7-14-15(11)3/h7-9,16H,4-6H2,1-3H3. The summed E-state index contributed by atoms with van der Waals surface area (Å²) >= 11 is 6.14. The summed E-state index contributed by atoms with van der Waals surface area (Å²) in [6.07, 6.45) is 4.60. The lowest BCUT2D eigenvalue weighted by Crippen LogP contribution is -2.40. The molecule has 4 heteroatoms. The van der Waals surface area contributed by atoms with Gasteiger partial charge in [0, 0.05) is 7.05 Å². The summed E-state index contributed by atoms with van der Waals surface area (Å²) in [5, 5.41) is 15.6. The van der Waals surface area contributed by atoms with Gasteiger partial charge in [-0.3, -0.25) is 4.68 Å². The Balaban J connectivity index is 2.43. The molecule has 3 nitrogen and oxygen atoms in total. The van der Waals surface area contributed by atoms with Crippen molar-refractivity contribution in [2.75, 3.05) is 0 Å². The first-order chi connectivity index (χ1) is 7.45. The average molecular weight is 243 g/mol. The highest BCUT2D eigenvalue weighted by Crippen LogP contribution is 2.45. The average Bonchev–Trinajstić information content (AvgIpc) is 2.53. The van der Waals surface area contributed by atoms with E-state index in [0.717, 1.165) is 18.5 Å². The van der Waals surface area contributed by atoms with Crippen molar-refractivity contribution in [1.29, 1.82) is 0 Å². The zero-order valence-corrected chi connectivity index (χ0v) is 10.8. The summed E-state index contributed by atoms with van der Waals surface area (Å²) < 4.78 is 1.71. The van der Waals surface area contributed by atoms with Crippen LogP contribution in [0.2, 0.25) is 5.02 Å². The molecule has 1 aromatic rings. The summed E-state index contributed by atoms with van der Waals surface area (Å²) in [5.74, 6) is 0.767. The zero-order chi connectivity index (χ0) is 11.9. The molecule has 0 bridgehead atoms. The first-order valence-corrected chi connectivity index (χ1v) is 6.23. The molecule has 3 atom stereocenters. The molecule has 1 aliphatic rings. The van der Waals surface area contributed by atoms with Crippen LogP contribution < -0.4 is 0 Å².